The Morgan fingerprint density at radius 1 is 1.07 bits per heavy atom. The van der Waals surface area contributed by atoms with E-state index in [0.717, 1.165) is 0 Å². The largest absolute Gasteiger partial charge is 0.458 e. The molecule has 1 aliphatic heterocycles. The maximum Gasteiger partial charge on any atom is 0.343 e. The Hall–Kier alpha value is -3.10. The van der Waals surface area contributed by atoms with Crippen molar-refractivity contribution in [2.45, 2.75) is 71.2 Å². The highest BCUT2D eigenvalue weighted by atomic mass is 19.1. The molecule has 0 aromatic heterocycles. The zero-order chi connectivity index (χ0) is 28.9. The van der Waals surface area contributed by atoms with E-state index >= 15 is 4.39 Å². The van der Waals surface area contributed by atoms with Gasteiger partial charge in [0.2, 0.25) is 5.78 Å². The standard InChI is InChI=1S/C32H35FO7/c1-18(34)38-17-25(35)32(37)28(2,3)15-23-21-14-24(33)22-13-20(39-27(36)19-9-7-6-8-10-19)11-12-29(22,4)31(21)26(40-31)16-30(23,32)5/h6-13,21,23,26,37H,14-17H2,1-5H3/t21?,23?,26?,29?,30?,31?,32-/m1/s1. The van der Waals surface area contributed by atoms with Crippen LogP contribution in [0, 0.1) is 28.1 Å². The lowest BCUT2D eigenvalue weighted by Crippen LogP contribution is -2.63. The normalized spacial score (nSPS) is 40.2. The van der Waals surface area contributed by atoms with Gasteiger partial charge in [0.1, 0.15) is 22.8 Å². The number of halogens is 1. The van der Waals surface area contributed by atoms with Crippen LogP contribution in [0.1, 0.15) is 64.2 Å². The fourth-order valence-corrected chi connectivity index (χ4v) is 8.84. The fraction of sp³-hybridized carbons (Fsp3) is 0.531. The molecule has 4 aliphatic carbocycles. The van der Waals surface area contributed by atoms with Crippen LogP contribution in [0.4, 0.5) is 4.39 Å². The van der Waals surface area contributed by atoms with E-state index in [0.29, 0.717) is 24.0 Å². The second-order valence-corrected chi connectivity index (χ2v) is 13.1. The Bertz CT molecular complexity index is 1410. The third kappa shape index (κ3) is 3.32. The lowest BCUT2D eigenvalue weighted by atomic mass is 9.47. The molecule has 1 heterocycles. The zero-order valence-electron chi connectivity index (χ0n) is 23.5. The molecule has 3 fully saturated rings. The summed E-state index contributed by atoms with van der Waals surface area (Å²) in [4.78, 5) is 37.6. The second-order valence-electron chi connectivity index (χ2n) is 13.1. The maximum absolute atomic E-state index is 16.1. The van der Waals surface area contributed by atoms with Crippen LogP contribution in [0.5, 0.6) is 0 Å². The summed E-state index contributed by atoms with van der Waals surface area (Å²) in [6.45, 7) is 8.30. The predicted molar refractivity (Wildman–Crippen MR) is 142 cm³/mol. The number of rotatable bonds is 5. The van der Waals surface area contributed by atoms with E-state index in [4.69, 9.17) is 14.2 Å². The van der Waals surface area contributed by atoms with Gasteiger partial charge in [-0.05, 0) is 55.5 Å². The lowest BCUT2D eigenvalue weighted by molar-refractivity contribution is -0.178. The van der Waals surface area contributed by atoms with Crippen molar-refractivity contribution in [3.05, 3.63) is 71.3 Å². The number of ketones is 1. The molecule has 8 heteroatoms. The van der Waals surface area contributed by atoms with E-state index in [1.165, 1.54) is 6.92 Å². The molecular formula is C32H35FO7. The number of hydrogen-bond donors (Lipinski definition) is 1. The van der Waals surface area contributed by atoms with Crippen LogP contribution in [0.3, 0.4) is 0 Å². The molecule has 1 spiro atoms. The van der Waals surface area contributed by atoms with Crippen molar-refractivity contribution in [3.63, 3.8) is 0 Å². The average molecular weight is 551 g/mol. The first-order valence-electron chi connectivity index (χ1n) is 13.9. The Morgan fingerprint density at radius 3 is 2.45 bits per heavy atom. The van der Waals surface area contributed by atoms with Gasteiger partial charge in [0, 0.05) is 35.5 Å². The summed E-state index contributed by atoms with van der Waals surface area (Å²) in [5.74, 6) is -2.20. The fourth-order valence-electron chi connectivity index (χ4n) is 8.84. The molecule has 7 nitrogen and oxygen atoms in total. The smallest absolute Gasteiger partial charge is 0.343 e. The van der Waals surface area contributed by atoms with Gasteiger partial charge < -0.3 is 19.3 Å². The van der Waals surface area contributed by atoms with Crippen LogP contribution >= 0.6 is 0 Å². The van der Waals surface area contributed by atoms with Gasteiger partial charge >= 0.3 is 11.9 Å². The minimum absolute atomic E-state index is 0.0935. The summed E-state index contributed by atoms with van der Waals surface area (Å²) in [7, 11) is 0. The van der Waals surface area contributed by atoms with Crippen LogP contribution in [0.25, 0.3) is 0 Å². The van der Waals surface area contributed by atoms with Crippen molar-refractivity contribution >= 4 is 17.7 Å². The quantitative estimate of drug-likeness (QED) is 0.406. The Labute approximate surface area is 233 Å². The third-order valence-electron chi connectivity index (χ3n) is 10.7. The highest BCUT2D eigenvalue weighted by Gasteiger charge is 2.83. The number of carbonyl (C=O) groups excluding carboxylic acids is 3. The number of ether oxygens (including phenoxy) is 3. The molecule has 40 heavy (non-hydrogen) atoms. The van der Waals surface area contributed by atoms with Gasteiger partial charge in [0.15, 0.2) is 6.61 Å². The summed E-state index contributed by atoms with van der Waals surface area (Å²) in [6.07, 6.45) is 5.88. The van der Waals surface area contributed by atoms with Crippen molar-refractivity contribution < 1.29 is 38.1 Å². The highest BCUT2D eigenvalue weighted by Crippen LogP contribution is 2.78. The number of Topliss-reactive ketones (excluding diaryl/α,β-unsaturated/α-hetero) is 1. The summed E-state index contributed by atoms with van der Waals surface area (Å²) in [6, 6.07) is 8.62. The van der Waals surface area contributed by atoms with Gasteiger partial charge in [0.25, 0.3) is 0 Å². The molecule has 5 aliphatic rings. The van der Waals surface area contributed by atoms with Crippen LogP contribution in [0.2, 0.25) is 0 Å². The molecule has 212 valence electrons. The highest BCUT2D eigenvalue weighted by molar-refractivity contribution is 5.92. The van der Waals surface area contributed by atoms with Gasteiger partial charge in [0.05, 0.1) is 11.7 Å². The van der Waals surface area contributed by atoms with E-state index in [-0.39, 0.29) is 35.9 Å². The van der Waals surface area contributed by atoms with Crippen LogP contribution in [0.15, 0.2) is 65.7 Å². The molecule has 0 bridgehead atoms. The Balaban J connectivity index is 1.34. The molecule has 6 rings (SSSR count). The first kappa shape index (κ1) is 27.1. The third-order valence-corrected chi connectivity index (χ3v) is 10.7. The predicted octanol–water partition coefficient (Wildman–Crippen LogP) is 5.00. The maximum atomic E-state index is 16.1. The van der Waals surface area contributed by atoms with Gasteiger partial charge in [-0.25, -0.2) is 9.18 Å². The molecule has 6 unspecified atom stereocenters. The number of fused-ring (bicyclic) bond motifs is 3. The molecule has 0 amide bonds. The Morgan fingerprint density at radius 2 is 1.77 bits per heavy atom. The van der Waals surface area contributed by atoms with E-state index in [2.05, 4.69) is 0 Å². The van der Waals surface area contributed by atoms with E-state index in [9.17, 15) is 19.5 Å². The van der Waals surface area contributed by atoms with Crippen molar-refractivity contribution in [3.8, 4) is 0 Å². The summed E-state index contributed by atoms with van der Waals surface area (Å²) < 4.78 is 33.2. The Kier molecular flexibility index (Phi) is 5.73. The van der Waals surface area contributed by atoms with E-state index in [1.54, 1.807) is 36.4 Å². The lowest BCUT2D eigenvalue weighted by Gasteiger charge is -2.55. The summed E-state index contributed by atoms with van der Waals surface area (Å²) in [5.41, 5.74) is -4.19. The van der Waals surface area contributed by atoms with Gasteiger partial charge in [-0.1, -0.05) is 45.0 Å². The minimum atomic E-state index is -1.78. The van der Waals surface area contributed by atoms with Crippen molar-refractivity contribution in [2.75, 3.05) is 6.61 Å². The van der Waals surface area contributed by atoms with Crippen LogP contribution in [-0.2, 0) is 23.8 Å². The van der Waals surface area contributed by atoms with Crippen LogP contribution in [-0.4, -0.2) is 46.7 Å². The van der Waals surface area contributed by atoms with Crippen molar-refractivity contribution in [1.29, 1.82) is 0 Å². The molecule has 7 atom stereocenters. The van der Waals surface area contributed by atoms with Gasteiger partial charge in [-0.3, -0.25) is 9.59 Å². The molecule has 2 saturated carbocycles. The van der Waals surface area contributed by atoms with E-state index < -0.39 is 51.8 Å². The molecule has 1 saturated heterocycles. The number of carbonyl (C=O) groups is 3. The minimum Gasteiger partial charge on any atom is -0.458 e. The van der Waals surface area contributed by atoms with Crippen molar-refractivity contribution in [2.24, 2.45) is 28.1 Å². The molecule has 1 aromatic carbocycles. The molecular weight excluding hydrogens is 515 g/mol. The number of epoxide rings is 1. The van der Waals surface area contributed by atoms with Crippen LogP contribution < -0.4 is 0 Å². The number of hydrogen-bond acceptors (Lipinski definition) is 7. The molecule has 1 aromatic rings. The number of allylic oxidation sites excluding steroid dienone is 3. The monoisotopic (exact) mass is 550 g/mol. The second kappa shape index (κ2) is 8.46. The van der Waals surface area contributed by atoms with Crippen molar-refractivity contribution in [1.82, 2.24) is 0 Å². The van der Waals surface area contributed by atoms with Gasteiger partial charge in [-0.2, -0.15) is 0 Å². The number of benzene rings is 1. The number of esters is 2. The SMILES string of the molecule is CC(=O)OCC(=O)[C@@]1(O)C(C)(C)CC2C3CC(F)=C4C=C(OC(=O)c5ccccc5)C=CC4(C)C34OC4CC21C. The first-order chi connectivity index (χ1) is 18.7. The topological polar surface area (TPSA) is 102 Å². The number of aliphatic hydroxyl groups is 1. The summed E-state index contributed by atoms with van der Waals surface area (Å²) in [5, 5.41) is 12.2. The first-order valence-corrected chi connectivity index (χ1v) is 13.9. The summed E-state index contributed by atoms with van der Waals surface area (Å²) >= 11 is 0. The molecule has 1 N–H and O–H groups in total. The van der Waals surface area contributed by atoms with Gasteiger partial charge in [-0.15, -0.1) is 0 Å². The van der Waals surface area contributed by atoms with E-state index in [1.807, 2.05) is 39.8 Å². The average Bonchev–Trinajstić information content (AvgIpc) is 3.60. The zero-order valence-corrected chi connectivity index (χ0v) is 23.5. The molecule has 0 radical (unpaired) electrons.